The maximum absolute atomic E-state index is 12.7. The van der Waals surface area contributed by atoms with E-state index in [1.165, 1.54) is 19.3 Å². The summed E-state index contributed by atoms with van der Waals surface area (Å²) in [6.45, 7) is 9.05. The van der Waals surface area contributed by atoms with Crippen molar-refractivity contribution in [3.63, 3.8) is 0 Å². The molecule has 0 spiro atoms. The quantitative estimate of drug-likeness (QED) is 0.242. The summed E-state index contributed by atoms with van der Waals surface area (Å²) in [6, 6.07) is 5.53. The van der Waals surface area contributed by atoms with Crippen molar-refractivity contribution in [3.8, 4) is 0 Å². The molecule has 204 valence electrons. The number of urea groups is 1. The van der Waals surface area contributed by atoms with Gasteiger partial charge >= 0.3 is 12.0 Å². The van der Waals surface area contributed by atoms with Gasteiger partial charge in [-0.05, 0) is 56.6 Å². The van der Waals surface area contributed by atoms with E-state index >= 15 is 0 Å². The van der Waals surface area contributed by atoms with Crippen LogP contribution < -0.4 is 5.32 Å². The number of hydrogen-bond donors (Lipinski definition) is 2. The minimum Gasteiger partial charge on any atom is -0.478 e. The largest absolute Gasteiger partial charge is 0.478 e. The van der Waals surface area contributed by atoms with E-state index in [2.05, 4.69) is 19.2 Å². The second-order valence-corrected chi connectivity index (χ2v) is 9.99. The predicted octanol–water partition coefficient (Wildman–Crippen LogP) is 6.32. The average Bonchev–Trinajstić information content (AvgIpc) is 2.86. The number of rotatable bonds is 17. The molecular weight excluding hydrogens is 456 g/mol. The SMILES string of the molecule is CCCCCCCN(CCO[C@H]1CCC[C@@H](OCc2cccc(C)c2C(=O)O)C1)C(=O)NCCCC. The monoisotopic (exact) mass is 504 g/mol. The number of aromatic carboxylic acids is 1. The fraction of sp³-hybridized carbons (Fsp3) is 0.724. The van der Waals surface area contributed by atoms with Crippen LogP contribution in [0, 0.1) is 6.92 Å². The molecule has 1 aromatic carbocycles. The average molecular weight is 505 g/mol. The lowest BCUT2D eigenvalue weighted by Crippen LogP contribution is -2.43. The number of hydrogen-bond acceptors (Lipinski definition) is 4. The lowest BCUT2D eigenvalue weighted by atomic mass is 9.94. The van der Waals surface area contributed by atoms with Crippen molar-refractivity contribution in [1.29, 1.82) is 0 Å². The van der Waals surface area contributed by atoms with Gasteiger partial charge in [0, 0.05) is 19.6 Å². The van der Waals surface area contributed by atoms with Gasteiger partial charge in [-0.1, -0.05) is 64.2 Å². The Morgan fingerprint density at radius 2 is 1.72 bits per heavy atom. The normalized spacial score (nSPS) is 17.6. The predicted molar refractivity (Wildman–Crippen MR) is 144 cm³/mol. The third-order valence-corrected chi connectivity index (χ3v) is 6.97. The summed E-state index contributed by atoms with van der Waals surface area (Å²) in [6.07, 6.45) is 11.8. The Kier molecular flexibility index (Phi) is 14.5. The number of carbonyl (C=O) groups excluding carboxylic acids is 1. The highest BCUT2D eigenvalue weighted by Gasteiger charge is 2.24. The zero-order chi connectivity index (χ0) is 26.2. The highest BCUT2D eigenvalue weighted by atomic mass is 16.5. The molecule has 1 saturated carbocycles. The molecule has 2 amide bonds. The summed E-state index contributed by atoms with van der Waals surface area (Å²) in [5.41, 5.74) is 1.81. The third kappa shape index (κ3) is 10.9. The van der Waals surface area contributed by atoms with Crippen LogP contribution in [0.15, 0.2) is 18.2 Å². The molecule has 0 unspecified atom stereocenters. The van der Waals surface area contributed by atoms with Gasteiger partial charge in [0.05, 0.1) is 31.0 Å². The lowest BCUT2D eigenvalue weighted by Gasteiger charge is -2.30. The van der Waals surface area contributed by atoms with E-state index in [0.717, 1.165) is 63.5 Å². The number of nitrogens with zero attached hydrogens (tertiary/aromatic N) is 1. The van der Waals surface area contributed by atoms with Crippen LogP contribution in [-0.4, -0.2) is 60.5 Å². The van der Waals surface area contributed by atoms with Crippen LogP contribution in [0.5, 0.6) is 0 Å². The van der Waals surface area contributed by atoms with Crippen molar-refractivity contribution in [2.24, 2.45) is 0 Å². The van der Waals surface area contributed by atoms with Gasteiger partial charge in [0.15, 0.2) is 0 Å². The Labute approximate surface area is 217 Å². The molecule has 0 aliphatic heterocycles. The molecule has 1 fully saturated rings. The number of unbranched alkanes of at least 4 members (excludes halogenated alkanes) is 5. The van der Waals surface area contributed by atoms with Crippen LogP contribution in [0.3, 0.4) is 0 Å². The van der Waals surface area contributed by atoms with Gasteiger partial charge in [-0.15, -0.1) is 0 Å². The molecule has 7 heteroatoms. The molecule has 2 N–H and O–H groups in total. The molecule has 0 aromatic heterocycles. The molecule has 1 aliphatic rings. The molecule has 2 rings (SSSR count). The van der Waals surface area contributed by atoms with Crippen molar-refractivity contribution in [3.05, 3.63) is 34.9 Å². The number of ether oxygens (including phenoxy) is 2. The van der Waals surface area contributed by atoms with Gasteiger partial charge in [0.1, 0.15) is 0 Å². The van der Waals surface area contributed by atoms with E-state index in [1.54, 1.807) is 0 Å². The van der Waals surface area contributed by atoms with Crippen LogP contribution >= 0.6 is 0 Å². The zero-order valence-corrected chi connectivity index (χ0v) is 22.7. The van der Waals surface area contributed by atoms with Gasteiger partial charge in [0.2, 0.25) is 0 Å². The Morgan fingerprint density at radius 3 is 2.44 bits per heavy atom. The molecule has 7 nitrogen and oxygen atoms in total. The van der Waals surface area contributed by atoms with Gasteiger partial charge in [-0.2, -0.15) is 0 Å². The highest BCUT2D eigenvalue weighted by molar-refractivity contribution is 5.91. The van der Waals surface area contributed by atoms with Crippen LogP contribution in [0.25, 0.3) is 0 Å². The molecule has 1 aliphatic carbocycles. The Balaban J connectivity index is 1.80. The number of nitrogens with one attached hydrogen (secondary N) is 1. The molecule has 0 bridgehead atoms. The summed E-state index contributed by atoms with van der Waals surface area (Å²) >= 11 is 0. The number of carboxylic acid groups (broad SMARTS) is 1. The van der Waals surface area contributed by atoms with Crippen molar-refractivity contribution >= 4 is 12.0 Å². The maximum atomic E-state index is 12.7. The van der Waals surface area contributed by atoms with Crippen molar-refractivity contribution in [1.82, 2.24) is 10.2 Å². The second-order valence-electron chi connectivity index (χ2n) is 9.99. The van der Waals surface area contributed by atoms with Crippen LogP contribution in [-0.2, 0) is 16.1 Å². The number of amides is 2. The Morgan fingerprint density at radius 1 is 1.00 bits per heavy atom. The van der Waals surface area contributed by atoms with E-state index in [0.29, 0.717) is 37.4 Å². The summed E-state index contributed by atoms with van der Waals surface area (Å²) in [7, 11) is 0. The van der Waals surface area contributed by atoms with E-state index in [-0.39, 0.29) is 18.2 Å². The van der Waals surface area contributed by atoms with Gasteiger partial charge in [-0.3, -0.25) is 0 Å². The highest BCUT2D eigenvalue weighted by Crippen LogP contribution is 2.25. The van der Waals surface area contributed by atoms with Crippen LogP contribution in [0.1, 0.15) is 106 Å². The standard InChI is InChI=1S/C29H48N2O5/c1-4-6-8-9-10-18-31(29(34)30-17-7-5-2)19-20-35-25-15-12-16-26(21-25)36-22-24-14-11-13-23(3)27(24)28(32)33/h11,13-14,25-26H,4-10,12,15-22H2,1-3H3,(H,30,34)(H,32,33)/t25-,26+/m0/s1. The van der Waals surface area contributed by atoms with E-state index in [4.69, 9.17) is 9.47 Å². The summed E-state index contributed by atoms with van der Waals surface area (Å²) in [4.78, 5) is 26.2. The maximum Gasteiger partial charge on any atom is 0.336 e. The fourth-order valence-electron chi connectivity index (χ4n) is 4.80. The van der Waals surface area contributed by atoms with Gasteiger partial charge < -0.3 is 24.8 Å². The first-order valence-electron chi connectivity index (χ1n) is 14.0. The van der Waals surface area contributed by atoms with E-state index in [1.807, 2.05) is 30.0 Å². The molecule has 36 heavy (non-hydrogen) atoms. The molecular formula is C29H48N2O5. The number of benzene rings is 1. The third-order valence-electron chi connectivity index (χ3n) is 6.97. The van der Waals surface area contributed by atoms with Gasteiger partial charge in [0.25, 0.3) is 0 Å². The minimum absolute atomic E-state index is 0.0137. The summed E-state index contributed by atoms with van der Waals surface area (Å²) < 4.78 is 12.3. The lowest BCUT2D eigenvalue weighted by molar-refractivity contribution is -0.0524. The first-order chi connectivity index (χ1) is 17.5. The Hall–Kier alpha value is -2.12. The van der Waals surface area contributed by atoms with Crippen LogP contribution in [0.2, 0.25) is 0 Å². The first kappa shape index (κ1) is 30.1. The fourth-order valence-corrected chi connectivity index (χ4v) is 4.80. The minimum atomic E-state index is -0.912. The van der Waals surface area contributed by atoms with Crippen LogP contribution in [0.4, 0.5) is 4.79 Å². The number of aryl methyl sites for hydroxylation is 1. The topological polar surface area (TPSA) is 88.1 Å². The van der Waals surface area contributed by atoms with Crippen molar-refractivity contribution in [2.45, 2.75) is 110 Å². The first-order valence-corrected chi connectivity index (χ1v) is 14.0. The molecule has 0 radical (unpaired) electrons. The summed E-state index contributed by atoms with van der Waals surface area (Å²) in [5.74, 6) is -0.912. The number of carbonyl (C=O) groups is 2. The Bertz CT molecular complexity index is 785. The molecule has 0 saturated heterocycles. The van der Waals surface area contributed by atoms with Crippen molar-refractivity contribution < 1.29 is 24.2 Å². The van der Waals surface area contributed by atoms with E-state index < -0.39 is 5.97 Å². The summed E-state index contributed by atoms with van der Waals surface area (Å²) in [5, 5.41) is 12.6. The molecule has 2 atom stereocenters. The smallest absolute Gasteiger partial charge is 0.336 e. The van der Waals surface area contributed by atoms with Crippen molar-refractivity contribution in [2.75, 3.05) is 26.2 Å². The molecule has 1 aromatic rings. The van der Waals surface area contributed by atoms with Gasteiger partial charge in [-0.25, -0.2) is 9.59 Å². The van der Waals surface area contributed by atoms with E-state index in [9.17, 15) is 14.7 Å². The molecule has 0 heterocycles. The second kappa shape index (κ2) is 17.4. The number of carboxylic acids is 1. The zero-order valence-electron chi connectivity index (χ0n) is 22.7.